The molecule has 0 spiro atoms. The highest BCUT2D eigenvalue weighted by Crippen LogP contribution is 2.34. The van der Waals surface area contributed by atoms with Crippen LogP contribution in [0.15, 0.2) is 48.9 Å². The third-order valence-corrected chi connectivity index (χ3v) is 6.14. The highest BCUT2D eigenvalue weighted by molar-refractivity contribution is 5.90. The number of piperazine rings is 1. The van der Waals surface area contributed by atoms with Crippen LogP contribution in [0.4, 0.5) is 0 Å². The number of aryl methyl sites for hydroxylation is 1. The lowest BCUT2D eigenvalue weighted by molar-refractivity contribution is -0.144. The Morgan fingerprint density at radius 2 is 1.82 bits per heavy atom. The number of aromatic nitrogens is 2. The van der Waals surface area contributed by atoms with E-state index in [9.17, 15) is 14.7 Å². The van der Waals surface area contributed by atoms with Crippen molar-refractivity contribution in [2.24, 2.45) is 0 Å². The maximum absolute atomic E-state index is 12.4. The minimum atomic E-state index is -0.919. The average Bonchev–Trinajstić information content (AvgIpc) is 3.16. The van der Waals surface area contributed by atoms with Gasteiger partial charge in [0.25, 0.3) is 0 Å². The molecular weight excluding hydrogens is 424 g/mol. The molecule has 0 radical (unpaired) electrons. The number of hydrogen-bond donors (Lipinski definition) is 2. The molecule has 1 aliphatic rings. The van der Waals surface area contributed by atoms with Gasteiger partial charge in [0.05, 0.1) is 13.5 Å². The Labute approximate surface area is 191 Å². The van der Waals surface area contributed by atoms with Gasteiger partial charge in [0.1, 0.15) is 11.8 Å². The van der Waals surface area contributed by atoms with Gasteiger partial charge < -0.3 is 19.5 Å². The van der Waals surface area contributed by atoms with E-state index in [1.807, 2.05) is 33.7 Å². The van der Waals surface area contributed by atoms with Gasteiger partial charge in [-0.1, -0.05) is 0 Å². The maximum Gasteiger partial charge on any atom is 0.325 e. The van der Waals surface area contributed by atoms with Gasteiger partial charge in [-0.15, -0.1) is 0 Å². The summed E-state index contributed by atoms with van der Waals surface area (Å²) in [6.45, 7) is 3.83. The van der Waals surface area contributed by atoms with Crippen molar-refractivity contribution in [3.63, 3.8) is 0 Å². The summed E-state index contributed by atoms with van der Waals surface area (Å²) in [5.74, 6) is -1.18. The molecule has 1 saturated heterocycles. The lowest BCUT2D eigenvalue weighted by Crippen LogP contribution is -2.48. The summed E-state index contributed by atoms with van der Waals surface area (Å²) < 4.78 is 7.19. The molecule has 1 atom stereocenters. The van der Waals surface area contributed by atoms with Crippen molar-refractivity contribution >= 4 is 22.8 Å². The van der Waals surface area contributed by atoms with Crippen LogP contribution in [0.3, 0.4) is 0 Å². The summed E-state index contributed by atoms with van der Waals surface area (Å²) in [5.41, 5.74) is 2.64. The molecule has 1 aromatic carbocycles. The van der Waals surface area contributed by atoms with E-state index >= 15 is 0 Å². The van der Waals surface area contributed by atoms with Crippen LogP contribution in [-0.4, -0.2) is 74.8 Å². The van der Waals surface area contributed by atoms with E-state index < -0.39 is 18.0 Å². The quantitative estimate of drug-likeness (QED) is 0.510. The molecule has 0 aliphatic carbocycles. The maximum atomic E-state index is 12.4. The number of ether oxygens (including phenoxy) is 1. The lowest BCUT2D eigenvalue weighted by Gasteiger charge is -2.37. The number of pyridine rings is 1. The number of methoxy groups -OCH3 is 1. The summed E-state index contributed by atoms with van der Waals surface area (Å²) in [6.07, 6.45) is 5.30. The molecule has 0 unspecified atom stereocenters. The number of carbonyl (C=O) groups is 2. The Morgan fingerprint density at radius 1 is 1.09 bits per heavy atom. The number of aliphatic carboxylic acids is 2. The zero-order chi connectivity index (χ0) is 23.4. The van der Waals surface area contributed by atoms with Gasteiger partial charge in [0.15, 0.2) is 0 Å². The predicted molar refractivity (Wildman–Crippen MR) is 122 cm³/mol. The van der Waals surface area contributed by atoms with Crippen molar-refractivity contribution in [2.75, 3.05) is 33.3 Å². The summed E-state index contributed by atoms with van der Waals surface area (Å²) in [7, 11) is 1.57. The number of nitrogens with zero attached hydrogens (tertiary/aromatic N) is 4. The molecule has 3 heterocycles. The number of benzene rings is 1. The van der Waals surface area contributed by atoms with Crippen LogP contribution in [0.25, 0.3) is 10.9 Å². The predicted octanol–water partition coefficient (Wildman–Crippen LogP) is 2.46. The van der Waals surface area contributed by atoms with Gasteiger partial charge in [-0.3, -0.25) is 24.4 Å². The Kier molecular flexibility index (Phi) is 6.90. The Morgan fingerprint density at radius 3 is 2.45 bits per heavy atom. The summed E-state index contributed by atoms with van der Waals surface area (Å²) in [4.78, 5) is 31.9. The SMILES string of the molecule is COc1ccc2c(c1)c([C@H](C(=O)O)N1CCN(Cc3ccncc3)CC1)cn2CCC(=O)O. The van der Waals surface area contributed by atoms with Gasteiger partial charge in [-0.25, -0.2) is 0 Å². The second kappa shape index (κ2) is 10.0. The molecule has 2 aromatic heterocycles. The first-order valence-electron chi connectivity index (χ1n) is 10.9. The molecule has 9 heteroatoms. The highest BCUT2D eigenvalue weighted by Gasteiger charge is 2.33. The average molecular weight is 453 g/mol. The molecular formula is C24H28N4O5. The minimum Gasteiger partial charge on any atom is -0.497 e. The summed E-state index contributed by atoms with van der Waals surface area (Å²) in [6, 6.07) is 8.64. The van der Waals surface area contributed by atoms with Crippen LogP contribution in [0.2, 0.25) is 0 Å². The Bertz CT molecular complexity index is 1120. The number of fused-ring (bicyclic) bond motifs is 1. The largest absolute Gasteiger partial charge is 0.497 e. The van der Waals surface area contributed by atoms with Crippen molar-refractivity contribution in [1.29, 1.82) is 0 Å². The first-order valence-corrected chi connectivity index (χ1v) is 10.9. The zero-order valence-corrected chi connectivity index (χ0v) is 18.6. The van der Waals surface area contributed by atoms with E-state index in [0.717, 1.165) is 30.5 Å². The van der Waals surface area contributed by atoms with Crippen LogP contribution in [0.5, 0.6) is 5.75 Å². The van der Waals surface area contributed by atoms with E-state index in [1.165, 1.54) is 5.56 Å². The van der Waals surface area contributed by atoms with E-state index in [-0.39, 0.29) is 13.0 Å². The first kappa shape index (κ1) is 22.8. The zero-order valence-electron chi connectivity index (χ0n) is 18.6. The van der Waals surface area contributed by atoms with Crippen LogP contribution in [-0.2, 0) is 22.7 Å². The van der Waals surface area contributed by atoms with Crippen molar-refractivity contribution < 1.29 is 24.5 Å². The Balaban J connectivity index is 1.59. The fourth-order valence-electron chi connectivity index (χ4n) is 4.46. The molecule has 9 nitrogen and oxygen atoms in total. The fourth-order valence-corrected chi connectivity index (χ4v) is 4.46. The van der Waals surface area contributed by atoms with Gasteiger partial charge in [0.2, 0.25) is 0 Å². The highest BCUT2D eigenvalue weighted by atomic mass is 16.5. The molecule has 33 heavy (non-hydrogen) atoms. The van der Waals surface area contributed by atoms with Crippen molar-refractivity contribution in [2.45, 2.75) is 25.6 Å². The normalized spacial score (nSPS) is 16.0. The molecule has 1 aliphatic heterocycles. The van der Waals surface area contributed by atoms with E-state index in [0.29, 0.717) is 24.4 Å². The standard InChI is InChI=1S/C24H28N4O5/c1-33-18-2-3-21-19(14-18)20(16-28(21)9-6-22(29)30)23(24(31)32)27-12-10-26(11-13-27)15-17-4-7-25-8-5-17/h2-5,7-8,14,16,23H,6,9-13,15H2,1H3,(H,29,30)(H,31,32)/t23-/m1/s1. The second-order valence-electron chi connectivity index (χ2n) is 8.21. The lowest BCUT2D eigenvalue weighted by atomic mass is 10.0. The third-order valence-electron chi connectivity index (χ3n) is 6.14. The van der Waals surface area contributed by atoms with Crippen LogP contribution in [0.1, 0.15) is 23.6 Å². The molecule has 0 bridgehead atoms. The van der Waals surface area contributed by atoms with Gasteiger partial charge in [-0.05, 0) is 35.9 Å². The van der Waals surface area contributed by atoms with Crippen molar-refractivity contribution in [3.05, 3.63) is 60.0 Å². The third kappa shape index (κ3) is 5.15. The summed E-state index contributed by atoms with van der Waals surface area (Å²) >= 11 is 0. The minimum absolute atomic E-state index is 0.0410. The van der Waals surface area contributed by atoms with E-state index in [4.69, 9.17) is 9.84 Å². The molecule has 1 fully saturated rings. The molecule has 174 valence electrons. The smallest absolute Gasteiger partial charge is 0.325 e. The van der Waals surface area contributed by atoms with Crippen molar-refractivity contribution in [1.82, 2.24) is 19.4 Å². The second-order valence-corrected chi connectivity index (χ2v) is 8.21. The number of rotatable bonds is 9. The van der Waals surface area contributed by atoms with Crippen LogP contribution in [0, 0.1) is 0 Å². The number of carboxylic acid groups (broad SMARTS) is 2. The molecule has 2 N–H and O–H groups in total. The fraction of sp³-hybridized carbons (Fsp3) is 0.375. The molecule has 0 saturated carbocycles. The van der Waals surface area contributed by atoms with Gasteiger partial charge in [0, 0.05) is 74.3 Å². The molecule has 0 amide bonds. The number of hydrogen-bond acceptors (Lipinski definition) is 6. The topological polar surface area (TPSA) is 108 Å². The summed E-state index contributed by atoms with van der Waals surface area (Å²) in [5, 5.41) is 20.1. The molecule has 3 aromatic rings. The van der Waals surface area contributed by atoms with Gasteiger partial charge >= 0.3 is 11.9 Å². The number of carboxylic acids is 2. The monoisotopic (exact) mass is 452 g/mol. The molecule has 4 rings (SSSR count). The van der Waals surface area contributed by atoms with Crippen LogP contribution >= 0.6 is 0 Å². The van der Waals surface area contributed by atoms with E-state index in [2.05, 4.69) is 9.88 Å². The first-order chi connectivity index (χ1) is 16.0. The Hall–Kier alpha value is -3.43. The van der Waals surface area contributed by atoms with Crippen LogP contribution < -0.4 is 4.74 Å². The van der Waals surface area contributed by atoms with E-state index in [1.54, 1.807) is 31.8 Å². The van der Waals surface area contributed by atoms with Gasteiger partial charge in [-0.2, -0.15) is 0 Å². The van der Waals surface area contributed by atoms with Crippen molar-refractivity contribution in [3.8, 4) is 5.75 Å².